The molecule has 0 spiro atoms. The highest BCUT2D eigenvalue weighted by Gasteiger charge is 2.16. The highest BCUT2D eigenvalue weighted by molar-refractivity contribution is 5.71. The molecule has 8 nitrogen and oxygen atoms in total. The van der Waals surface area contributed by atoms with E-state index in [1.807, 2.05) is 20.8 Å². The zero-order valence-corrected chi connectivity index (χ0v) is 17.1. The summed E-state index contributed by atoms with van der Waals surface area (Å²) in [6.45, 7) is 11.7. The third-order valence-corrected chi connectivity index (χ3v) is 3.86. The molecule has 1 rings (SSSR count). The highest BCUT2D eigenvalue weighted by atomic mass is 16.6. The molecule has 1 N–H and O–H groups in total. The van der Waals surface area contributed by atoms with E-state index in [-0.39, 0.29) is 18.7 Å². The van der Waals surface area contributed by atoms with Gasteiger partial charge in [-0.2, -0.15) is 0 Å². The number of piperidine rings is 1. The fourth-order valence-electron chi connectivity index (χ4n) is 2.52. The van der Waals surface area contributed by atoms with Gasteiger partial charge in [-0.25, -0.2) is 4.79 Å². The number of nitrogens with zero attached hydrogens (tertiary/aromatic N) is 1. The summed E-state index contributed by atoms with van der Waals surface area (Å²) in [6, 6.07) is 0. The lowest BCUT2D eigenvalue weighted by Crippen LogP contribution is -2.37. The summed E-state index contributed by atoms with van der Waals surface area (Å²) in [5.74, 6) is -0.372. The van der Waals surface area contributed by atoms with Crippen LogP contribution >= 0.6 is 0 Å². The van der Waals surface area contributed by atoms with Crippen LogP contribution in [-0.2, 0) is 28.5 Å². The van der Waals surface area contributed by atoms with Crippen molar-refractivity contribution in [3.63, 3.8) is 0 Å². The van der Waals surface area contributed by atoms with Gasteiger partial charge in [0, 0.05) is 19.6 Å². The minimum Gasteiger partial charge on any atom is -0.458 e. The average Bonchev–Trinajstić information content (AvgIpc) is 2.59. The third-order valence-electron chi connectivity index (χ3n) is 3.86. The molecule has 0 unspecified atom stereocenters. The van der Waals surface area contributed by atoms with E-state index in [0.717, 1.165) is 32.5 Å². The Labute approximate surface area is 163 Å². The van der Waals surface area contributed by atoms with Crippen molar-refractivity contribution in [1.82, 2.24) is 4.90 Å². The fraction of sp³-hybridized carbons (Fsp3) is 0.947. The maximum atomic E-state index is 11.4. The molecule has 1 aliphatic rings. The molecule has 27 heavy (non-hydrogen) atoms. The second-order valence-corrected chi connectivity index (χ2v) is 7.55. The highest BCUT2D eigenvalue weighted by Crippen LogP contribution is 2.09. The minimum absolute atomic E-state index is 0.0630. The van der Waals surface area contributed by atoms with Crippen molar-refractivity contribution in [1.29, 1.82) is 0 Å². The van der Waals surface area contributed by atoms with E-state index in [9.17, 15) is 9.90 Å². The Bertz CT molecular complexity index is 379. The van der Waals surface area contributed by atoms with E-state index in [2.05, 4.69) is 4.90 Å². The molecule has 0 amide bonds. The van der Waals surface area contributed by atoms with Gasteiger partial charge in [0.1, 0.15) is 12.2 Å². The molecule has 0 bridgehead atoms. The van der Waals surface area contributed by atoms with E-state index in [4.69, 9.17) is 23.7 Å². The van der Waals surface area contributed by atoms with Crippen LogP contribution in [0.1, 0.15) is 33.6 Å². The van der Waals surface area contributed by atoms with E-state index < -0.39 is 5.60 Å². The van der Waals surface area contributed by atoms with Crippen molar-refractivity contribution in [2.24, 2.45) is 0 Å². The Morgan fingerprint density at radius 1 is 0.889 bits per heavy atom. The first-order chi connectivity index (χ1) is 12.9. The lowest BCUT2D eigenvalue weighted by molar-refractivity contribution is -0.160. The quantitative estimate of drug-likeness (QED) is 0.345. The van der Waals surface area contributed by atoms with Gasteiger partial charge in [-0.3, -0.25) is 0 Å². The maximum absolute atomic E-state index is 11.4. The minimum atomic E-state index is -0.491. The topological polar surface area (TPSA) is 86.7 Å². The summed E-state index contributed by atoms with van der Waals surface area (Å²) < 4.78 is 26.7. The first-order valence-corrected chi connectivity index (χ1v) is 9.80. The van der Waals surface area contributed by atoms with Crippen molar-refractivity contribution in [2.45, 2.75) is 45.3 Å². The van der Waals surface area contributed by atoms with Crippen LogP contribution in [0.4, 0.5) is 0 Å². The van der Waals surface area contributed by atoms with Crippen LogP contribution in [0.5, 0.6) is 0 Å². The number of aliphatic hydroxyl groups is 1. The van der Waals surface area contributed by atoms with Crippen molar-refractivity contribution in [3.05, 3.63) is 0 Å². The van der Waals surface area contributed by atoms with Gasteiger partial charge in [0.25, 0.3) is 0 Å². The first-order valence-electron chi connectivity index (χ1n) is 9.80. The Morgan fingerprint density at radius 2 is 1.37 bits per heavy atom. The van der Waals surface area contributed by atoms with Crippen LogP contribution in [0, 0.1) is 0 Å². The van der Waals surface area contributed by atoms with Crippen LogP contribution in [0.25, 0.3) is 0 Å². The molecule has 1 fully saturated rings. The first kappa shape index (κ1) is 24.3. The molecule has 0 atom stereocenters. The second-order valence-electron chi connectivity index (χ2n) is 7.55. The Morgan fingerprint density at radius 3 is 1.89 bits per heavy atom. The van der Waals surface area contributed by atoms with Crippen molar-refractivity contribution in [3.8, 4) is 0 Å². The smallest absolute Gasteiger partial charge is 0.332 e. The zero-order chi connectivity index (χ0) is 20.0. The number of ether oxygens (including phenoxy) is 5. The number of esters is 1. The van der Waals surface area contributed by atoms with E-state index in [0.29, 0.717) is 46.2 Å². The summed E-state index contributed by atoms with van der Waals surface area (Å²) in [7, 11) is 0. The van der Waals surface area contributed by atoms with E-state index >= 15 is 0 Å². The van der Waals surface area contributed by atoms with Crippen LogP contribution in [0.3, 0.4) is 0 Å². The monoisotopic (exact) mass is 391 g/mol. The molecule has 0 aliphatic carbocycles. The molecule has 1 aliphatic heterocycles. The third kappa shape index (κ3) is 14.9. The number of hydrogen-bond donors (Lipinski definition) is 1. The Balaban J connectivity index is 1.76. The van der Waals surface area contributed by atoms with Gasteiger partial charge in [0.15, 0.2) is 0 Å². The van der Waals surface area contributed by atoms with Crippen molar-refractivity contribution in [2.75, 3.05) is 72.5 Å². The number of likely N-dealkylation sites (tertiary alicyclic amines) is 1. The standard InChI is InChI=1S/C19H37NO7/c1-19(2,3)27-18(22)16-26-15-14-25-13-12-24-11-10-23-9-8-20-6-4-17(21)5-7-20/h17,21H,4-16H2,1-3H3. The molecule has 0 aromatic heterocycles. The predicted molar refractivity (Wildman–Crippen MR) is 101 cm³/mol. The molecule has 0 saturated carbocycles. The van der Waals surface area contributed by atoms with E-state index in [1.54, 1.807) is 0 Å². The van der Waals surface area contributed by atoms with Gasteiger partial charge in [-0.15, -0.1) is 0 Å². The second kappa shape index (κ2) is 14.3. The Hall–Kier alpha value is -0.770. The molecule has 0 aromatic rings. The van der Waals surface area contributed by atoms with Crippen LogP contribution in [0.15, 0.2) is 0 Å². The van der Waals surface area contributed by atoms with Crippen molar-refractivity contribution < 1.29 is 33.6 Å². The number of rotatable bonds is 14. The lowest BCUT2D eigenvalue weighted by atomic mass is 10.1. The van der Waals surface area contributed by atoms with Gasteiger partial charge in [0.2, 0.25) is 0 Å². The predicted octanol–water partition coefficient (Wildman–Crippen LogP) is 0.851. The number of aliphatic hydroxyl groups excluding tert-OH is 1. The van der Waals surface area contributed by atoms with Gasteiger partial charge >= 0.3 is 5.97 Å². The lowest BCUT2D eigenvalue weighted by Gasteiger charge is -2.29. The molecular formula is C19H37NO7. The molecule has 160 valence electrons. The molecule has 1 saturated heterocycles. The fourth-order valence-corrected chi connectivity index (χ4v) is 2.52. The number of carbonyl (C=O) groups excluding carboxylic acids is 1. The summed E-state index contributed by atoms with van der Waals surface area (Å²) in [4.78, 5) is 13.7. The molecule has 1 heterocycles. The molecule has 8 heteroatoms. The van der Waals surface area contributed by atoms with Crippen LogP contribution < -0.4 is 0 Å². The average molecular weight is 392 g/mol. The zero-order valence-electron chi connectivity index (χ0n) is 17.1. The van der Waals surface area contributed by atoms with Gasteiger partial charge in [-0.05, 0) is 33.6 Å². The number of hydrogen-bond acceptors (Lipinski definition) is 8. The number of carbonyl (C=O) groups is 1. The normalized spacial score (nSPS) is 16.6. The van der Waals surface area contributed by atoms with Crippen molar-refractivity contribution >= 4 is 5.97 Å². The maximum Gasteiger partial charge on any atom is 0.332 e. The summed E-state index contributed by atoms with van der Waals surface area (Å²) in [5.41, 5.74) is -0.491. The summed E-state index contributed by atoms with van der Waals surface area (Å²) in [5, 5.41) is 9.45. The summed E-state index contributed by atoms with van der Waals surface area (Å²) >= 11 is 0. The SMILES string of the molecule is CC(C)(C)OC(=O)COCCOCCOCCOCCN1CCC(O)CC1. The Kier molecular flexibility index (Phi) is 12.8. The van der Waals surface area contributed by atoms with E-state index in [1.165, 1.54) is 0 Å². The molecular weight excluding hydrogens is 354 g/mol. The van der Waals surface area contributed by atoms with Gasteiger partial charge < -0.3 is 33.7 Å². The molecule has 0 aromatic carbocycles. The van der Waals surface area contributed by atoms with Crippen LogP contribution in [-0.4, -0.2) is 100 Å². The summed E-state index contributed by atoms with van der Waals surface area (Å²) in [6.07, 6.45) is 1.58. The van der Waals surface area contributed by atoms with Gasteiger partial charge in [0.05, 0.1) is 52.4 Å². The van der Waals surface area contributed by atoms with Gasteiger partial charge in [-0.1, -0.05) is 0 Å². The largest absolute Gasteiger partial charge is 0.458 e. The van der Waals surface area contributed by atoms with Crippen LogP contribution in [0.2, 0.25) is 0 Å². The molecule has 0 radical (unpaired) electrons.